The number of hydrogen-bond acceptors (Lipinski definition) is 3. The van der Waals surface area contributed by atoms with Crippen LogP contribution in [0, 0.1) is 12.8 Å². The SMILES string of the molecule is CC(C)NC(=O)N/N=C1\CCC2CCN([C-]=O)C12.[CH2-]CC.[Y].[Y]. The van der Waals surface area contributed by atoms with E-state index in [1.807, 2.05) is 27.2 Å². The molecule has 0 aromatic rings. The Labute approximate surface area is 190 Å². The zero-order valence-corrected chi connectivity index (χ0v) is 20.0. The summed E-state index contributed by atoms with van der Waals surface area (Å²) in [5, 5.41) is 6.85. The summed E-state index contributed by atoms with van der Waals surface area (Å²) in [5.74, 6) is 0.486. The van der Waals surface area contributed by atoms with Gasteiger partial charge in [0.1, 0.15) is 0 Å². The number of carbonyl (C=O) groups is 1. The second kappa shape index (κ2) is 13.9. The number of nitrogens with zero attached hydrogens (tertiary/aromatic N) is 2. The summed E-state index contributed by atoms with van der Waals surface area (Å²) in [7, 11) is 0. The van der Waals surface area contributed by atoms with Gasteiger partial charge >= 0.3 is 6.03 Å². The molecule has 3 amide bonds. The molecule has 2 rings (SSSR count). The van der Waals surface area contributed by atoms with Crippen molar-refractivity contribution in [3.63, 3.8) is 0 Å². The van der Waals surface area contributed by atoms with Crippen LogP contribution in [0.4, 0.5) is 4.79 Å². The van der Waals surface area contributed by atoms with Crippen molar-refractivity contribution in [3.8, 4) is 0 Å². The molecule has 1 aliphatic heterocycles. The molecule has 8 heteroatoms. The number of carbonyl (C=O) groups excluding carboxylic acids is 2. The summed E-state index contributed by atoms with van der Waals surface area (Å²) >= 11 is 0. The van der Waals surface area contributed by atoms with Crippen LogP contribution < -0.4 is 10.7 Å². The maximum absolute atomic E-state index is 11.4. The number of rotatable bonds is 3. The van der Waals surface area contributed by atoms with E-state index in [1.165, 1.54) is 0 Å². The average molecular weight is 472 g/mol. The third kappa shape index (κ3) is 8.51. The predicted octanol–water partition coefficient (Wildman–Crippen LogP) is 1.83. The Kier molecular flexibility index (Phi) is 15.6. The molecule has 2 N–H and O–H groups in total. The molecule has 1 heterocycles. The van der Waals surface area contributed by atoms with Crippen molar-refractivity contribution in [3.05, 3.63) is 6.92 Å². The predicted molar refractivity (Wildman–Crippen MR) is 83.4 cm³/mol. The van der Waals surface area contributed by atoms with Crippen molar-refractivity contribution >= 4 is 18.2 Å². The normalized spacial score (nSPS) is 23.2. The molecular weight excluding hydrogens is 446 g/mol. The van der Waals surface area contributed by atoms with Gasteiger partial charge in [0.2, 0.25) is 0 Å². The van der Waals surface area contributed by atoms with Gasteiger partial charge in [-0.15, -0.1) is 0 Å². The molecule has 1 saturated carbocycles. The standard InChI is InChI=1S/C12H19N4O2.C3H7.2Y/c1-8(2)13-12(18)15-14-10-4-3-9-5-6-16(7-17)11(9)10;1-3-2;;/h8-9,11H,3-6H2,1-2H3,(H2,13,15,18);1,3H2,2H3;;/q2*-1;;/b14-10+;;;. The second-order valence-corrected chi connectivity index (χ2v) is 5.66. The van der Waals surface area contributed by atoms with Crippen molar-refractivity contribution in [1.29, 1.82) is 0 Å². The first-order valence-electron chi connectivity index (χ1n) is 7.60. The first-order valence-corrected chi connectivity index (χ1v) is 7.60. The first kappa shape index (κ1) is 25.9. The summed E-state index contributed by atoms with van der Waals surface area (Å²) in [5.41, 5.74) is 3.38. The number of hydrazone groups is 1. The Morgan fingerprint density at radius 3 is 2.57 bits per heavy atom. The number of nitrogens with one attached hydrogen (secondary N) is 2. The number of likely N-dealkylation sites (tertiary alicyclic amines) is 1. The minimum absolute atomic E-state index is 0. The van der Waals surface area contributed by atoms with E-state index >= 15 is 0 Å². The van der Waals surface area contributed by atoms with Crippen LogP contribution in [0.3, 0.4) is 0 Å². The molecule has 1 aliphatic carbocycles. The molecule has 0 spiro atoms. The Morgan fingerprint density at radius 2 is 2.04 bits per heavy atom. The largest absolute Gasteiger partial charge is 0.520 e. The minimum atomic E-state index is -0.305. The zero-order valence-electron chi connectivity index (χ0n) is 14.3. The topological polar surface area (TPSA) is 73.8 Å². The van der Waals surface area contributed by atoms with Crippen LogP contribution in [0.5, 0.6) is 0 Å². The Balaban J connectivity index is 0. The van der Waals surface area contributed by atoms with Gasteiger partial charge < -0.3 is 21.9 Å². The van der Waals surface area contributed by atoms with E-state index < -0.39 is 0 Å². The number of fused-ring (bicyclic) bond motifs is 1. The van der Waals surface area contributed by atoms with Crippen LogP contribution in [-0.4, -0.2) is 41.7 Å². The van der Waals surface area contributed by atoms with Crippen LogP contribution in [0.1, 0.15) is 46.5 Å². The van der Waals surface area contributed by atoms with Crippen LogP contribution in [0.25, 0.3) is 0 Å². The molecule has 0 aromatic heterocycles. The van der Waals surface area contributed by atoms with Gasteiger partial charge in [-0.25, -0.2) is 10.2 Å². The number of hydrogen-bond donors (Lipinski definition) is 2. The Morgan fingerprint density at radius 1 is 1.43 bits per heavy atom. The van der Waals surface area contributed by atoms with Gasteiger partial charge in [0.05, 0.1) is 5.71 Å². The summed E-state index contributed by atoms with van der Waals surface area (Å²) in [6, 6.07) is -0.185. The molecular formula is C15H26N4O2Y2-2. The fourth-order valence-corrected chi connectivity index (χ4v) is 2.73. The third-order valence-electron chi connectivity index (χ3n) is 3.47. The van der Waals surface area contributed by atoms with Gasteiger partial charge in [0, 0.05) is 77.5 Å². The van der Waals surface area contributed by atoms with Gasteiger partial charge in [-0.2, -0.15) is 17.9 Å². The molecule has 2 radical (unpaired) electrons. The van der Waals surface area contributed by atoms with Crippen LogP contribution in [0.2, 0.25) is 0 Å². The molecule has 6 nitrogen and oxygen atoms in total. The van der Waals surface area contributed by atoms with Crippen molar-refractivity contribution in [2.75, 3.05) is 6.54 Å². The fraction of sp³-hybridized carbons (Fsp3) is 0.733. The third-order valence-corrected chi connectivity index (χ3v) is 3.47. The van der Waals surface area contributed by atoms with E-state index in [-0.39, 0.29) is 83.5 Å². The number of amides is 3. The van der Waals surface area contributed by atoms with Crippen molar-refractivity contribution in [2.45, 2.75) is 58.5 Å². The molecule has 1 saturated heterocycles. The van der Waals surface area contributed by atoms with E-state index in [0.29, 0.717) is 5.92 Å². The Hall–Kier alpha value is 0.618. The summed E-state index contributed by atoms with van der Waals surface area (Å²) in [6.07, 6.45) is 5.85. The monoisotopic (exact) mass is 472 g/mol. The van der Waals surface area contributed by atoms with Gasteiger partial charge in [0.25, 0.3) is 0 Å². The molecule has 23 heavy (non-hydrogen) atoms. The smallest absolute Gasteiger partial charge is 0.335 e. The second-order valence-electron chi connectivity index (χ2n) is 5.66. The van der Waals surface area contributed by atoms with Crippen molar-refractivity contribution in [2.24, 2.45) is 11.0 Å². The Bertz CT molecular complexity index is 392. The first-order chi connectivity index (χ1) is 10.0. The maximum atomic E-state index is 11.4. The molecule has 2 fully saturated rings. The van der Waals surface area contributed by atoms with Crippen LogP contribution in [-0.2, 0) is 70.2 Å². The van der Waals surface area contributed by atoms with E-state index in [0.717, 1.165) is 37.9 Å². The molecule has 0 bridgehead atoms. The molecule has 2 atom stereocenters. The fourth-order valence-electron chi connectivity index (χ4n) is 2.73. The maximum Gasteiger partial charge on any atom is 0.335 e. The van der Waals surface area contributed by atoms with E-state index in [4.69, 9.17) is 0 Å². The van der Waals surface area contributed by atoms with Gasteiger partial charge in [-0.1, -0.05) is 6.92 Å². The van der Waals surface area contributed by atoms with Crippen LogP contribution in [0.15, 0.2) is 5.10 Å². The quantitative estimate of drug-likeness (QED) is 0.486. The average Bonchev–Trinajstić information content (AvgIpc) is 2.97. The molecule has 2 aliphatic rings. The zero-order chi connectivity index (χ0) is 15.8. The van der Waals surface area contributed by atoms with E-state index in [2.05, 4.69) is 22.8 Å². The number of urea groups is 1. The summed E-state index contributed by atoms with van der Waals surface area (Å²) < 4.78 is 0. The van der Waals surface area contributed by atoms with Gasteiger partial charge in [0.15, 0.2) is 0 Å². The summed E-state index contributed by atoms with van der Waals surface area (Å²) in [4.78, 5) is 23.9. The van der Waals surface area contributed by atoms with Crippen molar-refractivity contribution in [1.82, 2.24) is 15.6 Å². The molecule has 2 unspecified atom stereocenters. The van der Waals surface area contributed by atoms with Crippen molar-refractivity contribution < 1.29 is 75.0 Å². The van der Waals surface area contributed by atoms with E-state index in [1.54, 1.807) is 4.90 Å². The van der Waals surface area contributed by atoms with Gasteiger partial charge in [-0.3, -0.25) is 0 Å². The van der Waals surface area contributed by atoms with E-state index in [9.17, 15) is 9.59 Å². The summed E-state index contributed by atoms with van der Waals surface area (Å²) in [6.45, 7) is 10.0. The minimum Gasteiger partial charge on any atom is -0.520 e. The molecule has 126 valence electrons. The molecule has 0 aromatic carbocycles. The van der Waals surface area contributed by atoms with Gasteiger partial charge in [-0.05, 0) is 45.6 Å². The van der Waals surface area contributed by atoms with Crippen LogP contribution >= 0.6 is 0 Å².